The molecule has 1 nitrogen and oxygen atoms in total. The van der Waals surface area contributed by atoms with Gasteiger partial charge in [0.05, 0.1) is 0 Å². The molecule has 0 aliphatic rings. The van der Waals surface area contributed by atoms with Crippen LogP contribution in [-0.4, -0.2) is 5.11 Å². The van der Waals surface area contributed by atoms with Gasteiger partial charge in [0.1, 0.15) is 5.75 Å². The Bertz CT molecular complexity index is 416. The molecule has 0 saturated carbocycles. The highest BCUT2D eigenvalue weighted by molar-refractivity contribution is 5.50. The van der Waals surface area contributed by atoms with E-state index >= 15 is 0 Å². The minimum Gasteiger partial charge on any atom is -0.508 e. The molecule has 0 unspecified atom stereocenters. The zero-order valence-electron chi connectivity index (χ0n) is 13.0. The van der Waals surface area contributed by atoms with Gasteiger partial charge >= 0.3 is 0 Å². The molecule has 1 rings (SSSR count). The summed E-state index contributed by atoms with van der Waals surface area (Å²) in [6, 6.07) is 3.95. The van der Waals surface area contributed by atoms with Crippen molar-refractivity contribution in [3.63, 3.8) is 0 Å². The van der Waals surface area contributed by atoms with E-state index in [2.05, 4.69) is 54.5 Å². The van der Waals surface area contributed by atoms with E-state index in [0.29, 0.717) is 5.75 Å². The summed E-state index contributed by atoms with van der Waals surface area (Å²) in [5, 5.41) is 10.2. The number of hydrogen-bond donors (Lipinski definition) is 1. The Morgan fingerprint density at radius 2 is 1.50 bits per heavy atom. The molecular weight excluding hydrogens is 220 g/mol. The highest BCUT2D eigenvalue weighted by Gasteiger charge is 2.28. The van der Waals surface area contributed by atoms with Gasteiger partial charge in [0.25, 0.3) is 0 Å². The molecule has 0 aromatic heterocycles. The number of rotatable bonds is 2. The Hall–Kier alpha value is -0.980. The first-order valence-electron chi connectivity index (χ1n) is 6.94. The Labute approximate surface area is 112 Å². The molecule has 1 N–H and O–H groups in total. The fraction of sp³-hybridized carbons (Fsp3) is 0.647. The summed E-state index contributed by atoms with van der Waals surface area (Å²) in [5.74, 6) is 0.453. The summed E-state index contributed by atoms with van der Waals surface area (Å²) < 4.78 is 0. The van der Waals surface area contributed by atoms with E-state index in [-0.39, 0.29) is 10.8 Å². The van der Waals surface area contributed by atoms with Gasteiger partial charge in [0, 0.05) is 0 Å². The lowest BCUT2D eigenvalue weighted by Crippen LogP contribution is -2.24. The fourth-order valence-corrected chi connectivity index (χ4v) is 2.62. The fourth-order valence-electron chi connectivity index (χ4n) is 2.62. The standard InChI is InChI=1S/C17H28O/c1-8-9-12-14(18)11-10-13(16(2,3)4)15(12)17(5,6)7/h10-11,18H,8-9H2,1-7H3. The summed E-state index contributed by atoms with van der Waals surface area (Å²) in [5.41, 5.74) is 4.00. The predicted octanol–water partition coefficient (Wildman–Crippen LogP) is 4.94. The largest absolute Gasteiger partial charge is 0.508 e. The molecule has 0 radical (unpaired) electrons. The van der Waals surface area contributed by atoms with Crippen LogP contribution in [0.1, 0.15) is 71.6 Å². The third-order valence-electron chi connectivity index (χ3n) is 3.35. The zero-order chi connectivity index (χ0) is 14.1. The van der Waals surface area contributed by atoms with Crippen molar-refractivity contribution in [2.75, 3.05) is 0 Å². The van der Waals surface area contributed by atoms with Crippen LogP contribution in [0.3, 0.4) is 0 Å². The van der Waals surface area contributed by atoms with E-state index in [0.717, 1.165) is 18.4 Å². The number of phenolic OH excluding ortho intramolecular Hbond substituents is 1. The molecule has 0 aliphatic carbocycles. The molecular formula is C17H28O. The number of benzene rings is 1. The first kappa shape index (κ1) is 15.1. The van der Waals surface area contributed by atoms with Gasteiger partial charge in [-0.25, -0.2) is 0 Å². The lowest BCUT2D eigenvalue weighted by Gasteiger charge is -2.32. The van der Waals surface area contributed by atoms with Crippen molar-refractivity contribution >= 4 is 0 Å². The van der Waals surface area contributed by atoms with Crippen LogP contribution in [0.2, 0.25) is 0 Å². The molecule has 0 amide bonds. The topological polar surface area (TPSA) is 20.2 Å². The number of hydrogen-bond acceptors (Lipinski definition) is 1. The highest BCUT2D eigenvalue weighted by atomic mass is 16.3. The van der Waals surface area contributed by atoms with Crippen molar-refractivity contribution in [2.24, 2.45) is 0 Å². The first-order valence-corrected chi connectivity index (χ1v) is 6.94. The number of phenols is 1. The van der Waals surface area contributed by atoms with Gasteiger partial charge in [-0.3, -0.25) is 0 Å². The first-order chi connectivity index (χ1) is 8.09. The van der Waals surface area contributed by atoms with Gasteiger partial charge in [0.15, 0.2) is 0 Å². The Kier molecular flexibility index (Phi) is 4.15. The van der Waals surface area contributed by atoms with Crippen LogP contribution in [0.15, 0.2) is 12.1 Å². The monoisotopic (exact) mass is 248 g/mol. The smallest absolute Gasteiger partial charge is 0.119 e. The third-order valence-corrected chi connectivity index (χ3v) is 3.35. The van der Waals surface area contributed by atoms with Crippen molar-refractivity contribution in [1.82, 2.24) is 0 Å². The van der Waals surface area contributed by atoms with Crippen molar-refractivity contribution in [3.8, 4) is 5.75 Å². The predicted molar refractivity (Wildman–Crippen MR) is 79.5 cm³/mol. The molecule has 102 valence electrons. The van der Waals surface area contributed by atoms with E-state index in [1.807, 2.05) is 6.07 Å². The average molecular weight is 248 g/mol. The minimum absolute atomic E-state index is 0.0614. The van der Waals surface area contributed by atoms with Crippen LogP contribution in [0.25, 0.3) is 0 Å². The summed E-state index contributed by atoms with van der Waals surface area (Å²) in [6.45, 7) is 15.6. The van der Waals surface area contributed by atoms with Crippen LogP contribution < -0.4 is 0 Å². The molecule has 18 heavy (non-hydrogen) atoms. The summed E-state index contributed by atoms with van der Waals surface area (Å²) in [4.78, 5) is 0. The van der Waals surface area contributed by atoms with Crippen LogP contribution in [-0.2, 0) is 17.3 Å². The van der Waals surface area contributed by atoms with Crippen LogP contribution in [0.5, 0.6) is 5.75 Å². The molecule has 0 saturated heterocycles. The maximum Gasteiger partial charge on any atom is 0.119 e. The van der Waals surface area contributed by atoms with Crippen LogP contribution >= 0.6 is 0 Å². The van der Waals surface area contributed by atoms with Crippen molar-refractivity contribution in [1.29, 1.82) is 0 Å². The Morgan fingerprint density at radius 3 is 1.89 bits per heavy atom. The molecule has 0 bridgehead atoms. The van der Waals surface area contributed by atoms with Gasteiger partial charge in [-0.15, -0.1) is 0 Å². The molecule has 0 fully saturated rings. The highest BCUT2D eigenvalue weighted by Crippen LogP contribution is 2.40. The molecule has 0 heterocycles. The summed E-state index contributed by atoms with van der Waals surface area (Å²) >= 11 is 0. The molecule has 1 aromatic carbocycles. The van der Waals surface area contributed by atoms with Crippen molar-refractivity contribution in [2.45, 2.75) is 72.1 Å². The number of aromatic hydroxyl groups is 1. The molecule has 0 spiro atoms. The van der Waals surface area contributed by atoms with E-state index < -0.39 is 0 Å². The van der Waals surface area contributed by atoms with Gasteiger partial charge in [0.2, 0.25) is 0 Å². The zero-order valence-corrected chi connectivity index (χ0v) is 13.0. The second-order valence-electron chi connectivity index (χ2n) is 7.24. The van der Waals surface area contributed by atoms with Gasteiger partial charge in [-0.2, -0.15) is 0 Å². The van der Waals surface area contributed by atoms with Crippen LogP contribution in [0.4, 0.5) is 0 Å². The van der Waals surface area contributed by atoms with Gasteiger partial charge < -0.3 is 5.11 Å². The molecule has 0 aliphatic heterocycles. The quantitative estimate of drug-likeness (QED) is 0.786. The van der Waals surface area contributed by atoms with Gasteiger partial charge in [-0.1, -0.05) is 61.0 Å². The average Bonchev–Trinajstić information content (AvgIpc) is 2.17. The van der Waals surface area contributed by atoms with Gasteiger partial charge in [-0.05, 0) is 40.0 Å². The summed E-state index contributed by atoms with van der Waals surface area (Å²) in [6.07, 6.45) is 2.01. The maximum atomic E-state index is 10.2. The molecule has 0 atom stereocenters. The Balaban J connectivity index is 3.60. The third kappa shape index (κ3) is 3.07. The van der Waals surface area contributed by atoms with E-state index in [9.17, 15) is 5.11 Å². The lowest BCUT2D eigenvalue weighted by molar-refractivity contribution is 0.455. The second-order valence-corrected chi connectivity index (χ2v) is 7.24. The Morgan fingerprint density at radius 1 is 0.944 bits per heavy atom. The van der Waals surface area contributed by atoms with Crippen LogP contribution in [0, 0.1) is 0 Å². The SMILES string of the molecule is CCCc1c(O)ccc(C(C)(C)C)c1C(C)(C)C. The normalized spacial score (nSPS) is 12.8. The lowest BCUT2D eigenvalue weighted by atomic mass is 9.72. The molecule has 1 heteroatoms. The van der Waals surface area contributed by atoms with Crippen molar-refractivity contribution in [3.05, 3.63) is 28.8 Å². The molecule has 1 aromatic rings. The van der Waals surface area contributed by atoms with E-state index in [1.54, 1.807) is 0 Å². The van der Waals surface area contributed by atoms with Crippen molar-refractivity contribution < 1.29 is 5.11 Å². The second kappa shape index (κ2) is 4.95. The minimum atomic E-state index is 0.0614. The van der Waals surface area contributed by atoms with E-state index in [4.69, 9.17) is 0 Å². The van der Waals surface area contributed by atoms with E-state index in [1.165, 1.54) is 11.1 Å². The summed E-state index contributed by atoms with van der Waals surface area (Å²) in [7, 11) is 0. The maximum absolute atomic E-state index is 10.2.